The standard InChI is InChI=1S/C15H18N2O2/c1-11-4-3-5-14(12(11)2)19-7-6-17-10-13(9-16)8-15(17)18/h3-5,13H,6-8,10H2,1-2H3. The molecule has 1 aromatic carbocycles. The molecule has 1 unspecified atom stereocenters. The van der Waals surface area contributed by atoms with Crippen LogP contribution in [0.15, 0.2) is 18.2 Å². The number of hydrogen-bond acceptors (Lipinski definition) is 3. The van der Waals surface area contributed by atoms with Crippen molar-refractivity contribution in [2.45, 2.75) is 20.3 Å². The zero-order valence-electron chi connectivity index (χ0n) is 11.3. The molecule has 2 rings (SSSR count). The Kier molecular flexibility index (Phi) is 4.06. The van der Waals surface area contributed by atoms with Crippen LogP contribution in [0.3, 0.4) is 0 Å². The average Bonchev–Trinajstić information content (AvgIpc) is 2.75. The third-order valence-corrected chi connectivity index (χ3v) is 3.57. The minimum atomic E-state index is -0.159. The molecule has 1 aliphatic heterocycles. The minimum absolute atomic E-state index is 0.0520. The zero-order chi connectivity index (χ0) is 13.8. The first-order valence-electron chi connectivity index (χ1n) is 6.48. The molecule has 19 heavy (non-hydrogen) atoms. The Balaban J connectivity index is 1.86. The number of nitriles is 1. The third-order valence-electron chi connectivity index (χ3n) is 3.57. The molecular formula is C15H18N2O2. The Bertz CT molecular complexity index is 519. The van der Waals surface area contributed by atoms with Crippen molar-refractivity contribution in [2.24, 2.45) is 5.92 Å². The number of hydrogen-bond donors (Lipinski definition) is 0. The normalized spacial score (nSPS) is 18.5. The summed E-state index contributed by atoms with van der Waals surface area (Å²) in [6.45, 7) is 5.62. The van der Waals surface area contributed by atoms with Gasteiger partial charge in [-0.1, -0.05) is 12.1 Å². The maximum Gasteiger partial charge on any atom is 0.224 e. The molecule has 0 radical (unpaired) electrons. The number of ether oxygens (including phenoxy) is 1. The molecule has 1 atom stereocenters. The van der Waals surface area contributed by atoms with Gasteiger partial charge in [-0.05, 0) is 31.0 Å². The van der Waals surface area contributed by atoms with Crippen molar-refractivity contribution in [1.29, 1.82) is 5.26 Å². The predicted octanol–water partition coefficient (Wildman–Crippen LogP) is 2.05. The molecule has 1 aliphatic rings. The van der Waals surface area contributed by atoms with E-state index in [0.717, 1.165) is 11.3 Å². The molecule has 0 N–H and O–H groups in total. The van der Waals surface area contributed by atoms with Crippen molar-refractivity contribution < 1.29 is 9.53 Å². The van der Waals surface area contributed by atoms with Gasteiger partial charge in [0, 0.05) is 13.0 Å². The van der Waals surface area contributed by atoms with Gasteiger partial charge in [0.05, 0.1) is 18.5 Å². The summed E-state index contributed by atoms with van der Waals surface area (Å²) in [7, 11) is 0. The Morgan fingerprint density at radius 2 is 2.26 bits per heavy atom. The van der Waals surface area contributed by atoms with E-state index in [2.05, 4.69) is 6.07 Å². The van der Waals surface area contributed by atoms with Gasteiger partial charge in [0.25, 0.3) is 0 Å². The second kappa shape index (κ2) is 5.75. The fraction of sp³-hybridized carbons (Fsp3) is 0.467. The summed E-state index contributed by atoms with van der Waals surface area (Å²) < 4.78 is 5.72. The third kappa shape index (κ3) is 3.05. The Morgan fingerprint density at radius 1 is 1.47 bits per heavy atom. The van der Waals surface area contributed by atoms with Crippen molar-refractivity contribution in [3.8, 4) is 11.8 Å². The van der Waals surface area contributed by atoms with Crippen LogP contribution in [-0.4, -0.2) is 30.5 Å². The highest BCUT2D eigenvalue weighted by molar-refractivity contribution is 5.79. The number of rotatable bonds is 4. The summed E-state index contributed by atoms with van der Waals surface area (Å²) >= 11 is 0. The van der Waals surface area contributed by atoms with Crippen molar-refractivity contribution in [1.82, 2.24) is 4.90 Å². The molecule has 1 fully saturated rings. The lowest BCUT2D eigenvalue weighted by atomic mass is 10.1. The van der Waals surface area contributed by atoms with E-state index >= 15 is 0 Å². The summed E-state index contributed by atoms with van der Waals surface area (Å²) in [5.74, 6) is 0.757. The van der Waals surface area contributed by atoms with Crippen LogP contribution in [-0.2, 0) is 4.79 Å². The Morgan fingerprint density at radius 3 is 2.95 bits per heavy atom. The molecule has 1 saturated heterocycles. The first-order chi connectivity index (χ1) is 9.11. The maximum atomic E-state index is 11.6. The van der Waals surface area contributed by atoms with Gasteiger partial charge in [0.15, 0.2) is 0 Å². The van der Waals surface area contributed by atoms with E-state index < -0.39 is 0 Å². The number of carbonyl (C=O) groups excluding carboxylic acids is 1. The van der Waals surface area contributed by atoms with E-state index in [1.54, 1.807) is 4.90 Å². The molecule has 4 heteroatoms. The van der Waals surface area contributed by atoms with Gasteiger partial charge in [0.1, 0.15) is 12.4 Å². The number of benzene rings is 1. The fourth-order valence-electron chi connectivity index (χ4n) is 2.22. The largest absolute Gasteiger partial charge is 0.491 e. The lowest BCUT2D eigenvalue weighted by Crippen LogP contribution is -2.29. The zero-order valence-corrected chi connectivity index (χ0v) is 11.3. The SMILES string of the molecule is Cc1cccc(OCCN2CC(C#N)CC2=O)c1C. The second-order valence-electron chi connectivity index (χ2n) is 4.92. The topological polar surface area (TPSA) is 53.3 Å². The van der Waals surface area contributed by atoms with Crippen LogP contribution in [0.25, 0.3) is 0 Å². The van der Waals surface area contributed by atoms with E-state index in [-0.39, 0.29) is 11.8 Å². The number of nitrogens with zero attached hydrogens (tertiary/aromatic N) is 2. The lowest BCUT2D eigenvalue weighted by molar-refractivity contribution is -0.128. The van der Waals surface area contributed by atoms with Crippen molar-refractivity contribution >= 4 is 5.91 Å². The first-order valence-corrected chi connectivity index (χ1v) is 6.48. The van der Waals surface area contributed by atoms with Gasteiger partial charge in [0.2, 0.25) is 5.91 Å². The first kappa shape index (κ1) is 13.4. The number of aryl methyl sites for hydroxylation is 1. The van der Waals surface area contributed by atoms with Gasteiger partial charge in [-0.25, -0.2) is 0 Å². The minimum Gasteiger partial charge on any atom is -0.491 e. The molecule has 0 spiro atoms. The number of carbonyl (C=O) groups is 1. The van der Waals surface area contributed by atoms with Crippen LogP contribution >= 0.6 is 0 Å². The van der Waals surface area contributed by atoms with Crippen LogP contribution in [0.4, 0.5) is 0 Å². The summed E-state index contributed by atoms with van der Waals surface area (Å²) in [4.78, 5) is 13.3. The van der Waals surface area contributed by atoms with E-state index in [1.165, 1.54) is 5.56 Å². The molecule has 0 aromatic heterocycles. The molecule has 0 saturated carbocycles. The number of likely N-dealkylation sites (tertiary alicyclic amines) is 1. The summed E-state index contributed by atoms with van der Waals surface area (Å²) in [5.41, 5.74) is 2.32. The lowest BCUT2D eigenvalue weighted by Gasteiger charge is -2.17. The maximum absolute atomic E-state index is 11.6. The van der Waals surface area contributed by atoms with Crippen LogP contribution < -0.4 is 4.74 Å². The summed E-state index contributed by atoms with van der Waals surface area (Å²) in [6, 6.07) is 8.09. The molecule has 1 aromatic rings. The van der Waals surface area contributed by atoms with Gasteiger partial charge in [-0.3, -0.25) is 4.79 Å². The Hall–Kier alpha value is -2.02. The second-order valence-corrected chi connectivity index (χ2v) is 4.92. The Labute approximate surface area is 113 Å². The van der Waals surface area contributed by atoms with Gasteiger partial charge >= 0.3 is 0 Å². The van der Waals surface area contributed by atoms with Gasteiger partial charge in [-0.15, -0.1) is 0 Å². The highest BCUT2D eigenvalue weighted by atomic mass is 16.5. The number of amides is 1. The quantitative estimate of drug-likeness (QED) is 0.830. The van der Waals surface area contributed by atoms with Crippen molar-refractivity contribution in [2.75, 3.05) is 19.7 Å². The van der Waals surface area contributed by atoms with E-state index in [1.807, 2.05) is 32.0 Å². The van der Waals surface area contributed by atoms with Crippen molar-refractivity contribution in [3.63, 3.8) is 0 Å². The van der Waals surface area contributed by atoms with Crippen molar-refractivity contribution in [3.05, 3.63) is 29.3 Å². The van der Waals surface area contributed by atoms with Crippen LogP contribution in [0.1, 0.15) is 17.5 Å². The van der Waals surface area contributed by atoms with Crippen LogP contribution in [0, 0.1) is 31.1 Å². The van der Waals surface area contributed by atoms with Crippen LogP contribution in [0.2, 0.25) is 0 Å². The van der Waals surface area contributed by atoms with Crippen LogP contribution in [0.5, 0.6) is 5.75 Å². The molecular weight excluding hydrogens is 240 g/mol. The van der Waals surface area contributed by atoms with Gasteiger partial charge in [-0.2, -0.15) is 5.26 Å². The smallest absolute Gasteiger partial charge is 0.224 e. The fourth-order valence-corrected chi connectivity index (χ4v) is 2.22. The predicted molar refractivity (Wildman–Crippen MR) is 71.7 cm³/mol. The molecule has 100 valence electrons. The summed E-state index contributed by atoms with van der Waals surface area (Å²) in [5, 5.41) is 8.81. The van der Waals surface area contributed by atoms with E-state index in [4.69, 9.17) is 10.00 Å². The molecule has 4 nitrogen and oxygen atoms in total. The highest BCUT2D eigenvalue weighted by Crippen LogP contribution is 2.21. The van der Waals surface area contributed by atoms with E-state index in [0.29, 0.717) is 26.1 Å². The van der Waals surface area contributed by atoms with Gasteiger partial charge < -0.3 is 9.64 Å². The highest BCUT2D eigenvalue weighted by Gasteiger charge is 2.28. The molecule has 1 amide bonds. The summed E-state index contributed by atoms with van der Waals surface area (Å²) in [6.07, 6.45) is 0.347. The average molecular weight is 258 g/mol. The monoisotopic (exact) mass is 258 g/mol. The molecule has 1 heterocycles. The molecule has 0 bridgehead atoms. The molecule has 0 aliphatic carbocycles. The van der Waals surface area contributed by atoms with E-state index in [9.17, 15) is 4.79 Å².